The summed E-state index contributed by atoms with van der Waals surface area (Å²) in [6.45, 7) is 4.90. The fourth-order valence-electron chi connectivity index (χ4n) is 4.10. The Balaban J connectivity index is 0.000000505. The third-order valence-electron chi connectivity index (χ3n) is 5.85. The van der Waals surface area contributed by atoms with Crippen LogP contribution in [-0.4, -0.2) is 62.8 Å². The number of ether oxygens (including phenoxy) is 1. The van der Waals surface area contributed by atoms with Crippen LogP contribution in [0.15, 0.2) is 42.7 Å². The average molecular weight is 535 g/mol. The molecule has 0 radical (unpaired) electrons. The molecule has 3 N–H and O–H groups in total. The normalized spacial score (nSPS) is 12.1. The van der Waals surface area contributed by atoms with Gasteiger partial charge < -0.3 is 20.3 Å². The summed E-state index contributed by atoms with van der Waals surface area (Å²) in [4.78, 5) is 25.0. The zero-order valence-electron chi connectivity index (χ0n) is 20.8. The predicted molar refractivity (Wildman–Crippen MR) is 132 cm³/mol. The molecule has 38 heavy (non-hydrogen) atoms. The van der Waals surface area contributed by atoms with Crippen molar-refractivity contribution in [1.82, 2.24) is 20.1 Å². The SMILES string of the molecule is CCOc1ccc(CCNCCCn2nc3c(c2C(=O)O)CCc2cnccc2-3)cc1.O=C(O)C(F)(F)F. The number of hydrogen-bond donors (Lipinski definition) is 3. The maximum atomic E-state index is 11.9. The van der Waals surface area contributed by atoms with E-state index in [1.807, 2.05) is 31.3 Å². The van der Waals surface area contributed by atoms with Gasteiger partial charge in [-0.15, -0.1) is 0 Å². The van der Waals surface area contributed by atoms with E-state index in [9.17, 15) is 23.1 Å². The maximum Gasteiger partial charge on any atom is 0.490 e. The molecule has 0 bridgehead atoms. The van der Waals surface area contributed by atoms with E-state index in [1.54, 1.807) is 10.9 Å². The van der Waals surface area contributed by atoms with Crippen molar-refractivity contribution < 1.29 is 37.7 Å². The molecule has 12 heteroatoms. The molecular weight excluding hydrogens is 505 g/mol. The minimum Gasteiger partial charge on any atom is -0.494 e. The topological polar surface area (TPSA) is 127 Å². The van der Waals surface area contributed by atoms with Gasteiger partial charge in [0.05, 0.1) is 12.3 Å². The molecule has 1 aromatic carbocycles. The quantitative estimate of drug-likeness (QED) is 0.333. The number of fused-ring (bicyclic) bond motifs is 3. The minimum atomic E-state index is -5.08. The second-order valence-electron chi connectivity index (χ2n) is 8.47. The van der Waals surface area contributed by atoms with Crippen molar-refractivity contribution in [1.29, 1.82) is 0 Å². The van der Waals surface area contributed by atoms with Crippen molar-refractivity contribution in [2.24, 2.45) is 0 Å². The summed E-state index contributed by atoms with van der Waals surface area (Å²) in [5.74, 6) is -2.77. The van der Waals surface area contributed by atoms with Gasteiger partial charge in [0.2, 0.25) is 0 Å². The van der Waals surface area contributed by atoms with E-state index in [2.05, 4.69) is 27.5 Å². The number of rotatable bonds is 10. The molecule has 0 amide bonds. The van der Waals surface area contributed by atoms with Crippen LogP contribution in [0.2, 0.25) is 0 Å². The van der Waals surface area contributed by atoms with Crippen molar-refractivity contribution in [2.45, 2.75) is 45.3 Å². The number of hydrogen-bond acceptors (Lipinski definition) is 6. The lowest BCUT2D eigenvalue weighted by Crippen LogP contribution is -2.21. The number of halogens is 3. The van der Waals surface area contributed by atoms with E-state index in [0.717, 1.165) is 60.5 Å². The Labute approximate surface area is 217 Å². The molecule has 0 aliphatic heterocycles. The van der Waals surface area contributed by atoms with Gasteiger partial charge in [-0.2, -0.15) is 18.3 Å². The van der Waals surface area contributed by atoms with Crippen LogP contribution < -0.4 is 10.1 Å². The molecule has 0 atom stereocenters. The molecule has 2 aromatic heterocycles. The van der Waals surface area contributed by atoms with Crippen LogP contribution in [0.25, 0.3) is 11.3 Å². The van der Waals surface area contributed by atoms with Crippen LogP contribution in [0.1, 0.15) is 40.5 Å². The molecule has 2 heterocycles. The van der Waals surface area contributed by atoms with E-state index < -0.39 is 18.1 Å². The number of nitrogens with zero attached hydrogens (tertiary/aromatic N) is 3. The number of benzene rings is 1. The van der Waals surface area contributed by atoms with Gasteiger partial charge in [-0.1, -0.05) is 12.1 Å². The van der Waals surface area contributed by atoms with Crippen LogP contribution >= 0.6 is 0 Å². The fraction of sp³-hybridized carbons (Fsp3) is 0.385. The monoisotopic (exact) mass is 534 g/mol. The second kappa shape index (κ2) is 13.0. The molecule has 4 rings (SSSR count). The zero-order valence-corrected chi connectivity index (χ0v) is 20.8. The number of aromatic nitrogens is 3. The van der Waals surface area contributed by atoms with Gasteiger partial charge in [-0.25, -0.2) is 9.59 Å². The lowest BCUT2D eigenvalue weighted by Gasteiger charge is -2.14. The van der Waals surface area contributed by atoms with Crippen LogP contribution in [0.3, 0.4) is 0 Å². The van der Waals surface area contributed by atoms with Crippen molar-refractivity contribution in [3.05, 3.63) is 65.1 Å². The number of aliphatic carboxylic acids is 1. The smallest absolute Gasteiger partial charge is 0.490 e. The summed E-state index contributed by atoms with van der Waals surface area (Å²) in [5, 5.41) is 25.0. The highest BCUT2D eigenvalue weighted by atomic mass is 19.4. The van der Waals surface area contributed by atoms with E-state index in [-0.39, 0.29) is 0 Å². The Morgan fingerprint density at radius 3 is 2.45 bits per heavy atom. The Morgan fingerprint density at radius 2 is 1.82 bits per heavy atom. The molecule has 1 aliphatic carbocycles. The molecule has 0 fully saturated rings. The van der Waals surface area contributed by atoms with Gasteiger partial charge in [0.1, 0.15) is 11.4 Å². The first-order valence-electron chi connectivity index (χ1n) is 12.1. The Kier molecular flexibility index (Phi) is 9.83. The maximum absolute atomic E-state index is 11.9. The molecule has 204 valence electrons. The van der Waals surface area contributed by atoms with Crippen LogP contribution in [0.4, 0.5) is 13.2 Å². The van der Waals surface area contributed by atoms with Crippen molar-refractivity contribution >= 4 is 11.9 Å². The van der Waals surface area contributed by atoms with Gasteiger partial charge in [0.15, 0.2) is 0 Å². The molecule has 0 spiro atoms. The lowest BCUT2D eigenvalue weighted by atomic mass is 9.90. The first-order valence-corrected chi connectivity index (χ1v) is 12.1. The summed E-state index contributed by atoms with van der Waals surface area (Å²) >= 11 is 0. The highest BCUT2D eigenvalue weighted by Gasteiger charge is 2.38. The highest BCUT2D eigenvalue weighted by molar-refractivity contribution is 5.90. The van der Waals surface area contributed by atoms with Gasteiger partial charge in [0.25, 0.3) is 0 Å². The molecule has 3 aromatic rings. The van der Waals surface area contributed by atoms with Crippen LogP contribution in [0, 0.1) is 0 Å². The van der Waals surface area contributed by atoms with Gasteiger partial charge in [-0.3, -0.25) is 9.67 Å². The van der Waals surface area contributed by atoms with E-state index >= 15 is 0 Å². The van der Waals surface area contributed by atoms with Gasteiger partial charge in [-0.05, 0) is 75.0 Å². The van der Waals surface area contributed by atoms with Gasteiger partial charge in [0, 0.05) is 30.1 Å². The first-order chi connectivity index (χ1) is 18.1. The first kappa shape index (κ1) is 28.6. The Hall–Kier alpha value is -3.93. The standard InChI is InChI=1S/C24H28N4O3.C2HF3O2/c1-2-31-19-7-4-17(5-8-19)10-13-25-12-3-15-28-23(24(29)30)21-9-6-18-16-26-14-11-20(18)22(21)27-28;3-2(4,5)1(6)7/h4-5,7-8,11,14,16,25H,2-3,6,9-10,12-13,15H2,1H3,(H,29,30);(H,6,7). The molecular formula is C26H29F3N4O5. The zero-order chi connectivity index (χ0) is 27.7. The fourth-order valence-corrected chi connectivity index (χ4v) is 4.10. The molecule has 1 aliphatic rings. The molecule has 0 unspecified atom stereocenters. The van der Waals surface area contributed by atoms with E-state index in [1.165, 1.54) is 5.56 Å². The number of carboxylic acid groups (broad SMARTS) is 2. The summed E-state index contributed by atoms with van der Waals surface area (Å²) in [7, 11) is 0. The minimum absolute atomic E-state index is 0.326. The number of aryl methyl sites for hydroxylation is 2. The second-order valence-corrected chi connectivity index (χ2v) is 8.47. The molecule has 0 saturated heterocycles. The number of alkyl halides is 3. The van der Waals surface area contributed by atoms with Crippen molar-refractivity contribution in [3.8, 4) is 17.0 Å². The average Bonchev–Trinajstić information content (AvgIpc) is 3.26. The largest absolute Gasteiger partial charge is 0.494 e. The molecule has 0 saturated carbocycles. The summed E-state index contributed by atoms with van der Waals surface area (Å²) in [5.41, 5.74) is 5.36. The molecule has 9 nitrogen and oxygen atoms in total. The number of carbonyl (C=O) groups is 2. The summed E-state index contributed by atoms with van der Waals surface area (Å²) in [6, 6.07) is 10.1. The van der Waals surface area contributed by atoms with Crippen LogP contribution in [0.5, 0.6) is 5.75 Å². The predicted octanol–water partition coefficient (Wildman–Crippen LogP) is 4.00. The number of aromatic carboxylic acids is 1. The summed E-state index contributed by atoms with van der Waals surface area (Å²) < 4.78 is 38.9. The summed E-state index contributed by atoms with van der Waals surface area (Å²) in [6.07, 6.45) is 1.75. The third kappa shape index (κ3) is 7.54. The Morgan fingerprint density at radius 1 is 1.11 bits per heavy atom. The van der Waals surface area contributed by atoms with Crippen molar-refractivity contribution in [3.63, 3.8) is 0 Å². The highest BCUT2D eigenvalue weighted by Crippen LogP contribution is 2.34. The number of pyridine rings is 1. The Bertz CT molecular complexity index is 1240. The van der Waals surface area contributed by atoms with Crippen LogP contribution in [-0.2, 0) is 30.6 Å². The van der Waals surface area contributed by atoms with E-state index in [4.69, 9.17) is 14.6 Å². The third-order valence-corrected chi connectivity index (χ3v) is 5.85. The van der Waals surface area contributed by atoms with E-state index in [0.29, 0.717) is 25.3 Å². The van der Waals surface area contributed by atoms with Gasteiger partial charge >= 0.3 is 18.1 Å². The number of carboxylic acids is 2. The van der Waals surface area contributed by atoms with Crippen molar-refractivity contribution in [2.75, 3.05) is 19.7 Å². The lowest BCUT2D eigenvalue weighted by molar-refractivity contribution is -0.192. The number of nitrogens with one attached hydrogen (secondary N) is 1.